The number of benzene rings is 2. The minimum absolute atomic E-state index is 0.874. The fraction of sp³-hybridized carbons (Fsp3) is 0.125. The maximum atomic E-state index is 5.38. The summed E-state index contributed by atoms with van der Waals surface area (Å²) >= 11 is 0. The molecule has 1 aromatic heterocycles. The fourth-order valence-corrected chi connectivity index (χ4v) is 2.21. The van der Waals surface area contributed by atoms with Crippen molar-refractivity contribution in [3.63, 3.8) is 0 Å². The number of hydrogen-bond donors (Lipinski definition) is 1. The highest BCUT2D eigenvalue weighted by Gasteiger charge is 2.04. The maximum Gasteiger partial charge on any atom is 0.122 e. The van der Waals surface area contributed by atoms with E-state index in [1.165, 1.54) is 11.1 Å². The zero-order chi connectivity index (χ0) is 12.4. The zero-order valence-electron chi connectivity index (χ0n) is 10.2. The molecular formula is C16H14NO. The van der Waals surface area contributed by atoms with Gasteiger partial charge in [0, 0.05) is 29.6 Å². The molecule has 0 bridgehead atoms. The van der Waals surface area contributed by atoms with Crippen LogP contribution in [0.25, 0.3) is 10.9 Å². The first-order valence-corrected chi connectivity index (χ1v) is 5.96. The van der Waals surface area contributed by atoms with Crippen molar-refractivity contribution in [2.24, 2.45) is 0 Å². The molecule has 0 atom stereocenters. The van der Waals surface area contributed by atoms with Gasteiger partial charge in [0.2, 0.25) is 0 Å². The highest BCUT2D eigenvalue weighted by Crippen LogP contribution is 2.22. The quantitative estimate of drug-likeness (QED) is 0.739. The Kier molecular flexibility index (Phi) is 2.77. The van der Waals surface area contributed by atoms with E-state index in [0.717, 1.165) is 23.1 Å². The molecule has 1 N–H and O–H groups in total. The molecule has 0 saturated carbocycles. The van der Waals surface area contributed by atoms with Gasteiger partial charge in [-0.25, -0.2) is 0 Å². The van der Waals surface area contributed by atoms with E-state index in [9.17, 15) is 0 Å². The number of rotatable bonds is 3. The molecule has 2 aromatic carbocycles. The second-order valence-corrected chi connectivity index (χ2v) is 4.30. The second-order valence-electron chi connectivity index (χ2n) is 4.30. The molecule has 2 nitrogen and oxygen atoms in total. The van der Waals surface area contributed by atoms with Crippen LogP contribution in [0.2, 0.25) is 0 Å². The average Bonchev–Trinajstić information content (AvgIpc) is 2.87. The number of aromatic amines is 1. The number of ether oxygens (including phenoxy) is 1. The summed E-state index contributed by atoms with van der Waals surface area (Å²) in [5.41, 5.74) is 3.59. The first-order chi connectivity index (χ1) is 8.86. The highest BCUT2D eigenvalue weighted by molar-refractivity contribution is 5.79. The lowest BCUT2D eigenvalue weighted by Crippen LogP contribution is -1.93. The van der Waals surface area contributed by atoms with Gasteiger partial charge in [-0.2, -0.15) is 0 Å². The summed E-state index contributed by atoms with van der Waals surface area (Å²) in [4.78, 5) is 3.15. The fourth-order valence-electron chi connectivity index (χ4n) is 2.21. The number of H-pyrrole nitrogens is 1. The van der Waals surface area contributed by atoms with E-state index in [1.807, 2.05) is 24.4 Å². The summed E-state index contributed by atoms with van der Waals surface area (Å²) in [5, 5.41) is 1.13. The minimum atomic E-state index is 0.874. The zero-order valence-corrected chi connectivity index (χ0v) is 10.2. The first-order valence-electron chi connectivity index (χ1n) is 5.96. The normalized spacial score (nSPS) is 10.7. The average molecular weight is 236 g/mol. The van der Waals surface area contributed by atoms with E-state index in [2.05, 4.69) is 35.3 Å². The lowest BCUT2D eigenvalue weighted by molar-refractivity contribution is 0.410. The van der Waals surface area contributed by atoms with E-state index in [-0.39, 0.29) is 0 Å². The molecule has 0 spiro atoms. The van der Waals surface area contributed by atoms with Crippen LogP contribution >= 0.6 is 0 Å². The van der Waals surface area contributed by atoms with Crippen LogP contribution < -0.4 is 4.74 Å². The molecule has 1 radical (unpaired) electrons. The summed E-state index contributed by atoms with van der Waals surface area (Å²) in [6, 6.07) is 17.7. The van der Waals surface area contributed by atoms with Gasteiger partial charge >= 0.3 is 0 Å². The van der Waals surface area contributed by atoms with Crippen molar-refractivity contribution in [1.82, 2.24) is 4.98 Å². The van der Waals surface area contributed by atoms with Crippen LogP contribution in [0.5, 0.6) is 5.75 Å². The number of para-hydroxylation sites is 1. The van der Waals surface area contributed by atoms with Gasteiger partial charge in [-0.15, -0.1) is 0 Å². The molecular weight excluding hydrogens is 222 g/mol. The van der Waals surface area contributed by atoms with Gasteiger partial charge in [0.15, 0.2) is 0 Å². The Labute approximate surface area is 106 Å². The van der Waals surface area contributed by atoms with Gasteiger partial charge in [-0.1, -0.05) is 24.3 Å². The molecule has 0 saturated heterocycles. The molecule has 3 rings (SSSR count). The van der Waals surface area contributed by atoms with E-state index in [0.29, 0.717) is 0 Å². The van der Waals surface area contributed by atoms with Crippen LogP contribution in [-0.4, -0.2) is 12.1 Å². The Morgan fingerprint density at radius 2 is 2.06 bits per heavy atom. The molecule has 0 unspecified atom stereocenters. The molecule has 1 heterocycles. The van der Waals surface area contributed by atoms with Crippen molar-refractivity contribution in [3.8, 4) is 5.75 Å². The maximum absolute atomic E-state index is 5.38. The smallest absolute Gasteiger partial charge is 0.122 e. The summed E-state index contributed by atoms with van der Waals surface area (Å²) in [5.74, 6) is 0.940. The predicted molar refractivity (Wildman–Crippen MR) is 72.9 cm³/mol. The van der Waals surface area contributed by atoms with E-state index in [1.54, 1.807) is 7.11 Å². The second kappa shape index (κ2) is 4.57. The van der Waals surface area contributed by atoms with E-state index < -0.39 is 0 Å². The van der Waals surface area contributed by atoms with Crippen LogP contribution in [0.1, 0.15) is 11.1 Å². The van der Waals surface area contributed by atoms with Crippen LogP contribution in [0, 0.1) is 6.07 Å². The molecule has 0 amide bonds. The van der Waals surface area contributed by atoms with Gasteiger partial charge in [0.1, 0.15) is 5.75 Å². The lowest BCUT2D eigenvalue weighted by atomic mass is 10.0. The third-order valence-corrected chi connectivity index (χ3v) is 3.13. The Bertz CT molecular complexity index is 669. The number of nitrogens with one attached hydrogen (secondary N) is 1. The molecule has 2 heteroatoms. The van der Waals surface area contributed by atoms with Crippen molar-refractivity contribution in [2.75, 3.05) is 7.11 Å². The lowest BCUT2D eigenvalue weighted by Gasteiger charge is -2.08. The van der Waals surface area contributed by atoms with Gasteiger partial charge in [0.05, 0.1) is 7.11 Å². The van der Waals surface area contributed by atoms with E-state index >= 15 is 0 Å². The third-order valence-electron chi connectivity index (χ3n) is 3.13. The number of fused-ring (bicyclic) bond motifs is 1. The monoisotopic (exact) mass is 236 g/mol. The van der Waals surface area contributed by atoms with Crippen molar-refractivity contribution < 1.29 is 4.74 Å². The third kappa shape index (κ3) is 1.97. The topological polar surface area (TPSA) is 25.0 Å². The molecule has 89 valence electrons. The molecule has 0 aliphatic heterocycles. The molecule has 0 fully saturated rings. The largest absolute Gasteiger partial charge is 0.496 e. The Morgan fingerprint density at radius 3 is 2.94 bits per heavy atom. The van der Waals surface area contributed by atoms with Crippen molar-refractivity contribution in [2.45, 2.75) is 6.42 Å². The number of methoxy groups -OCH3 is 1. The van der Waals surface area contributed by atoms with Gasteiger partial charge in [-0.3, -0.25) is 0 Å². The van der Waals surface area contributed by atoms with Gasteiger partial charge in [0.25, 0.3) is 0 Å². The summed E-state index contributed by atoms with van der Waals surface area (Å²) in [6.45, 7) is 0. The molecule has 0 aliphatic carbocycles. The Hall–Kier alpha value is -2.22. The van der Waals surface area contributed by atoms with Gasteiger partial charge in [-0.05, 0) is 29.3 Å². The Morgan fingerprint density at radius 1 is 1.17 bits per heavy atom. The highest BCUT2D eigenvalue weighted by atomic mass is 16.5. The van der Waals surface area contributed by atoms with Crippen molar-refractivity contribution in [3.05, 3.63) is 65.9 Å². The van der Waals surface area contributed by atoms with Crippen LogP contribution in [0.3, 0.4) is 0 Å². The standard InChI is InChI=1S/C16H14NO/c1-18-16-5-3-2-4-14(16)11-12-6-7-15-13(10-12)8-9-17-15/h2-7,9-10,17H,11H2,1H3. The molecule has 3 aromatic rings. The van der Waals surface area contributed by atoms with Crippen LogP contribution in [0.4, 0.5) is 0 Å². The number of aromatic nitrogens is 1. The molecule has 0 aliphatic rings. The SMILES string of the molecule is COc1ccccc1Cc1ccc2[nH]c[c]c2c1. The summed E-state index contributed by atoms with van der Waals surface area (Å²) < 4.78 is 5.38. The number of hydrogen-bond acceptors (Lipinski definition) is 1. The Balaban J connectivity index is 1.95. The van der Waals surface area contributed by atoms with Crippen molar-refractivity contribution in [1.29, 1.82) is 0 Å². The van der Waals surface area contributed by atoms with Gasteiger partial charge < -0.3 is 9.72 Å². The predicted octanol–water partition coefficient (Wildman–Crippen LogP) is 3.57. The minimum Gasteiger partial charge on any atom is -0.496 e. The van der Waals surface area contributed by atoms with Crippen molar-refractivity contribution >= 4 is 10.9 Å². The first kappa shape index (κ1) is 10.9. The summed E-state index contributed by atoms with van der Waals surface area (Å²) in [7, 11) is 1.71. The van der Waals surface area contributed by atoms with E-state index in [4.69, 9.17) is 4.74 Å². The van der Waals surface area contributed by atoms with Crippen LogP contribution in [0.15, 0.2) is 48.7 Å². The molecule has 18 heavy (non-hydrogen) atoms. The van der Waals surface area contributed by atoms with Crippen LogP contribution in [-0.2, 0) is 6.42 Å². The summed E-state index contributed by atoms with van der Waals surface area (Å²) in [6.07, 6.45) is 2.72.